The van der Waals surface area contributed by atoms with Crippen LogP contribution >= 0.6 is 0 Å². The molecule has 0 fully saturated rings. The molecule has 1 atom stereocenters. The van der Waals surface area contributed by atoms with Crippen LogP contribution in [0.15, 0.2) is 29.1 Å². The van der Waals surface area contributed by atoms with Crippen molar-refractivity contribution in [2.75, 3.05) is 0 Å². The second-order valence-corrected chi connectivity index (χ2v) is 3.44. The van der Waals surface area contributed by atoms with E-state index in [4.69, 9.17) is 4.42 Å². The minimum atomic E-state index is -0.782. The zero-order valence-electron chi connectivity index (χ0n) is 8.84. The van der Waals surface area contributed by atoms with E-state index < -0.39 is 6.10 Å². The van der Waals surface area contributed by atoms with Crippen molar-refractivity contribution in [2.45, 2.75) is 26.5 Å². The van der Waals surface area contributed by atoms with Gasteiger partial charge in [-0.1, -0.05) is 0 Å². The van der Waals surface area contributed by atoms with Crippen LogP contribution in [-0.4, -0.2) is 14.7 Å². The Hall–Kier alpha value is -1.55. The Kier molecular flexibility index (Phi) is 2.60. The van der Waals surface area contributed by atoms with Crippen LogP contribution in [0.4, 0.5) is 0 Å². The van der Waals surface area contributed by atoms with Crippen LogP contribution in [0.5, 0.6) is 0 Å². The summed E-state index contributed by atoms with van der Waals surface area (Å²) in [5.41, 5.74) is 0.938. The lowest BCUT2D eigenvalue weighted by Gasteiger charge is -2.10. The Bertz CT molecular complexity index is 445. The van der Waals surface area contributed by atoms with Crippen LogP contribution in [0, 0.1) is 6.92 Å². The predicted octanol–water partition coefficient (Wildman–Crippen LogP) is 1.89. The summed E-state index contributed by atoms with van der Waals surface area (Å²) < 4.78 is 7.14. The fourth-order valence-corrected chi connectivity index (χ4v) is 1.62. The normalized spacial score (nSPS) is 13.0. The summed E-state index contributed by atoms with van der Waals surface area (Å²) in [4.78, 5) is 4.14. The van der Waals surface area contributed by atoms with Crippen LogP contribution in [0.2, 0.25) is 0 Å². The van der Waals surface area contributed by atoms with Gasteiger partial charge in [0.05, 0.1) is 6.26 Å². The van der Waals surface area contributed by atoms with Crippen molar-refractivity contribution in [2.24, 2.45) is 0 Å². The van der Waals surface area contributed by atoms with Gasteiger partial charge in [-0.05, 0) is 25.5 Å². The third-order valence-corrected chi connectivity index (χ3v) is 2.48. The number of hydrogen-bond donors (Lipinski definition) is 1. The van der Waals surface area contributed by atoms with E-state index >= 15 is 0 Å². The Morgan fingerprint density at radius 1 is 1.60 bits per heavy atom. The van der Waals surface area contributed by atoms with E-state index in [1.165, 1.54) is 0 Å². The highest BCUT2D eigenvalue weighted by Gasteiger charge is 2.20. The van der Waals surface area contributed by atoms with Crippen molar-refractivity contribution in [3.05, 3.63) is 41.9 Å². The van der Waals surface area contributed by atoms with Gasteiger partial charge in [0.25, 0.3) is 0 Å². The molecule has 0 saturated heterocycles. The van der Waals surface area contributed by atoms with E-state index in [1.807, 2.05) is 30.7 Å². The minimum absolute atomic E-state index is 0.566. The van der Waals surface area contributed by atoms with Crippen molar-refractivity contribution >= 4 is 0 Å². The van der Waals surface area contributed by atoms with Gasteiger partial charge in [0.1, 0.15) is 11.6 Å². The van der Waals surface area contributed by atoms with E-state index in [0.717, 1.165) is 12.1 Å². The number of imidazole rings is 1. The molecule has 1 unspecified atom stereocenters. The lowest BCUT2D eigenvalue weighted by molar-refractivity contribution is 0.174. The standard InChI is InChI=1S/C11H14N2O2/c1-3-13-6-5-12-11(13)9(14)10-8(2)4-7-15-10/h4-7,9,14H,3H2,1-2H3. The lowest BCUT2D eigenvalue weighted by Crippen LogP contribution is -2.08. The topological polar surface area (TPSA) is 51.2 Å². The molecular formula is C11H14N2O2. The summed E-state index contributed by atoms with van der Waals surface area (Å²) in [5, 5.41) is 10.1. The third kappa shape index (κ3) is 1.68. The van der Waals surface area contributed by atoms with E-state index in [9.17, 15) is 5.11 Å². The number of aromatic nitrogens is 2. The Morgan fingerprint density at radius 3 is 3.00 bits per heavy atom. The molecule has 0 radical (unpaired) electrons. The quantitative estimate of drug-likeness (QED) is 0.834. The van der Waals surface area contributed by atoms with Gasteiger partial charge in [0, 0.05) is 18.9 Å². The molecule has 80 valence electrons. The predicted molar refractivity (Wildman–Crippen MR) is 55.4 cm³/mol. The maximum atomic E-state index is 10.1. The molecule has 4 heteroatoms. The Balaban J connectivity index is 2.36. The minimum Gasteiger partial charge on any atom is -0.466 e. The maximum Gasteiger partial charge on any atom is 0.169 e. The van der Waals surface area contributed by atoms with Gasteiger partial charge in [-0.15, -0.1) is 0 Å². The molecule has 0 spiro atoms. The van der Waals surface area contributed by atoms with Crippen molar-refractivity contribution in [3.8, 4) is 0 Å². The van der Waals surface area contributed by atoms with Gasteiger partial charge >= 0.3 is 0 Å². The first-order valence-electron chi connectivity index (χ1n) is 4.97. The highest BCUT2D eigenvalue weighted by molar-refractivity contribution is 5.22. The van der Waals surface area contributed by atoms with E-state index in [2.05, 4.69) is 4.98 Å². The average Bonchev–Trinajstić information content (AvgIpc) is 2.84. The average molecular weight is 206 g/mol. The zero-order valence-corrected chi connectivity index (χ0v) is 8.84. The molecule has 0 saturated carbocycles. The van der Waals surface area contributed by atoms with Crippen molar-refractivity contribution in [1.82, 2.24) is 9.55 Å². The Labute approximate surface area is 88.2 Å². The van der Waals surface area contributed by atoms with Crippen molar-refractivity contribution in [1.29, 1.82) is 0 Å². The maximum absolute atomic E-state index is 10.1. The van der Waals surface area contributed by atoms with E-state index in [-0.39, 0.29) is 0 Å². The number of aliphatic hydroxyl groups is 1. The third-order valence-electron chi connectivity index (χ3n) is 2.48. The summed E-state index contributed by atoms with van der Waals surface area (Å²) in [6, 6.07) is 1.83. The highest BCUT2D eigenvalue weighted by Crippen LogP contribution is 2.24. The summed E-state index contributed by atoms with van der Waals surface area (Å²) in [7, 11) is 0. The molecule has 2 heterocycles. The summed E-state index contributed by atoms with van der Waals surface area (Å²) >= 11 is 0. The fourth-order valence-electron chi connectivity index (χ4n) is 1.62. The van der Waals surface area contributed by atoms with Crippen LogP contribution in [0.1, 0.15) is 30.2 Å². The number of furan rings is 1. The lowest BCUT2D eigenvalue weighted by atomic mass is 10.2. The van der Waals surface area contributed by atoms with Gasteiger partial charge < -0.3 is 14.1 Å². The number of rotatable bonds is 3. The largest absolute Gasteiger partial charge is 0.466 e. The summed E-state index contributed by atoms with van der Waals surface area (Å²) in [5.74, 6) is 1.19. The molecule has 4 nitrogen and oxygen atoms in total. The molecule has 0 aromatic carbocycles. The monoisotopic (exact) mass is 206 g/mol. The smallest absolute Gasteiger partial charge is 0.169 e. The molecule has 0 aliphatic rings. The van der Waals surface area contributed by atoms with Gasteiger partial charge in [-0.25, -0.2) is 4.98 Å². The van der Waals surface area contributed by atoms with E-state index in [1.54, 1.807) is 12.5 Å². The first-order valence-corrected chi connectivity index (χ1v) is 4.97. The molecule has 2 rings (SSSR count). The molecule has 0 aliphatic heterocycles. The first-order chi connectivity index (χ1) is 7.24. The molecule has 2 aromatic heterocycles. The van der Waals surface area contributed by atoms with Gasteiger partial charge in [-0.2, -0.15) is 0 Å². The highest BCUT2D eigenvalue weighted by atomic mass is 16.4. The van der Waals surface area contributed by atoms with Crippen molar-refractivity contribution < 1.29 is 9.52 Å². The molecule has 1 N–H and O–H groups in total. The van der Waals surface area contributed by atoms with Crippen LogP contribution in [0.25, 0.3) is 0 Å². The van der Waals surface area contributed by atoms with Crippen LogP contribution < -0.4 is 0 Å². The molecule has 0 aliphatic carbocycles. The zero-order chi connectivity index (χ0) is 10.8. The second-order valence-electron chi connectivity index (χ2n) is 3.44. The number of hydrogen-bond acceptors (Lipinski definition) is 3. The molecule has 2 aromatic rings. The first kappa shape index (κ1) is 9.98. The van der Waals surface area contributed by atoms with E-state index in [0.29, 0.717) is 11.6 Å². The van der Waals surface area contributed by atoms with Crippen LogP contribution in [0.3, 0.4) is 0 Å². The second kappa shape index (κ2) is 3.90. The Morgan fingerprint density at radius 2 is 2.40 bits per heavy atom. The van der Waals surface area contributed by atoms with Gasteiger partial charge in [-0.3, -0.25) is 0 Å². The molecule has 0 amide bonds. The molecule has 0 bridgehead atoms. The molecular weight excluding hydrogens is 192 g/mol. The number of nitrogens with zero attached hydrogens (tertiary/aromatic N) is 2. The van der Waals surface area contributed by atoms with Gasteiger partial charge in [0.15, 0.2) is 6.10 Å². The number of aliphatic hydroxyl groups excluding tert-OH is 1. The summed E-state index contributed by atoms with van der Waals surface area (Å²) in [6.07, 6.45) is 4.32. The van der Waals surface area contributed by atoms with Crippen molar-refractivity contribution in [3.63, 3.8) is 0 Å². The fraction of sp³-hybridized carbons (Fsp3) is 0.364. The van der Waals surface area contributed by atoms with Gasteiger partial charge in [0.2, 0.25) is 0 Å². The summed E-state index contributed by atoms with van der Waals surface area (Å²) in [6.45, 7) is 4.69. The van der Waals surface area contributed by atoms with Crippen LogP contribution in [-0.2, 0) is 6.54 Å². The SMILES string of the molecule is CCn1ccnc1C(O)c1occc1C. The number of aryl methyl sites for hydroxylation is 2. The molecule has 15 heavy (non-hydrogen) atoms.